The summed E-state index contributed by atoms with van der Waals surface area (Å²) in [4.78, 5) is 4.46. The van der Waals surface area contributed by atoms with Crippen LogP contribution in [-0.2, 0) is 4.74 Å². The fraction of sp³-hybridized carbons (Fsp3) is 0.750. The molecule has 0 saturated carbocycles. The molecule has 0 radical (unpaired) electrons. The van der Waals surface area contributed by atoms with Crippen molar-refractivity contribution in [3.8, 4) is 0 Å². The minimum Gasteiger partial charge on any atom is -0.380 e. The maximum absolute atomic E-state index is 5.26. The summed E-state index contributed by atoms with van der Waals surface area (Å²) in [6.45, 7) is 7.12. The topological polar surface area (TPSA) is 45.7 Å². The van der Waals surface area contributed by atoms with Crippen molar-refractivity contribution < 1.29 is 4.74 Å². The molecular weight excluding hydrogens is 202 g/mol. The second-order valence-corrected chi connectivity index (χ2v) is 3.74. The summed E-state index contributed by atoms with van der Waals surface area (Å²) in [6, 6.07) is 0.505. The Bertz CT molecular complexity index is 230. The number of nitrogens with one attached hydrogen (secondary N) is 2. The van der Waals surface area contributed by atoms with E-state index >= 15 is 0 Å². The van der Waals surface area contributed by atoms with Gasteiger partial charge in [-0.15, -0.1) is 0 Å². The third-order valence-corrected chi connectivity index (χ3v) is 2.40. The fourth-order valence-corrected chi connectivity index (χ4v) is 1.61. The van der Waals surface area contributed by atoms with Crippen LogP contribution in [0.2, 0.25) is 0 Å². The number of hydrogen-bond donors (Lipinski definition) is 2. The van der Waals surface area contributed by atoms with Gasteiger partial charge in [0.25, 0.3) is 0 Å². The van der Waals surface area contributed by atoms with E-state index in [-0.39, 0.29) is 0 Å². The highest BCUT2D eigenvalue weighted by Crippen LogP contribution is 2.08. The highest BCUT2D eigenvalue weighted by molar-refractivity contribution is 5.80. The standard InChI is InChI=1S/C12H23N3O/c1-3-13-12(14-9-10-16-4-2)15-11-7-5-6-8-11/h5-6,11H,3-4,7-10H2,1-2H3,(H2,13,14,15). The molecule has 0 aromatic heterocycles. The van der Waals surface area contributed by atoms with Gasteiger partial charge < -0.3 is 15.4 Å². The van der Waals surface area contributed by atoms with E-state index in [1.54, 1.807) is 0 Å². The highest BCUT2D eigenvalue weighted by Gasteiger charge is 2.10. The molecule has 0 heterocycles. The van der Waals surface area contributed by atoms with Gasteiger partial charge in [-0.3, -0.25) is 4.99 Å². The molecule has 1 rings (SSSR count). The molecule has 0 atom stereocenters. The molecule has 4 heteroatoms. The van der Waals surface area contributed by atoms with Crippen LogP contribution in [0, 0.1) is 0 Å². The van der Waals surface area contributed by atoms with Crippen molar-refractivity contribution in [2.45, 2.75) is 32.7 Å². The molecule has 0 saturated heterocycles. The fourth-order valence-electron chi connectivity index (χ4n) is 1.61. The van der Waals surface area contributed by atoms with E-state index in [0.717, 1.165) is 32.0 Å². The van der Waals surface area contributed by atoms with Crippen molar-refractivity contribution in [1.29, 1.82) is 0 Å². The van der Waals surface area contributed by atoms with E-state index in [0.29, 0.717) is 19.2 Å². The lowest BCUT2D eigenvalue weighted by molar-refractivity contribution is 0.155. The Kier molecular flexibility index (Phi) is 6.65. The molecule has 0 aromatic rings. The Balaban J connectivity index is 2.27. The molecule has 16 heavy (non-hydrogen) atoms. The number of ether oxygens (including phenoxy) is 1. The van der Waals surface area contributed by atoms with E-state index in [1.165, 1.54) is 0 Å². The van der Waals surface area contributed by atoms with Gasteiger partial charge in [0.1, 0.15) is 0 Å². The molecule has 1 aliphatic carbocycles. The normalized spacial score (nSPS) is 16.8. The van der Waals surface area contributed by atoms with Crippen molar-refractivity contribution in [3.05, 3.63) is 12.2 Å². The summed E-state index contributed by atoms with van der Waals surface area (Å²) in [5, 5.41) is 6.66. The van der Waals surface area contributed by atoms with Crippen molar-refractivity contribution >= 4 is 5.96 Å². The average Bonchev–Trinajstić information content (AvgIpc) is 2.77. The summed E-state index contributed by atoms with van der Waals surface area (Å²) >= 11 is 0. The maximum atomic E-state index is 5.26. The van der Waals surface area contributed by atoms with E-state index in [4.69, 9.17) is 4.74 Å². The number of hydrogen-bond acceptors (Lipinski definition) is 2. The quantitative estimate of drug-likeness (QED) is 0.310. The smallest absolute Gasteiger partial charge is 0.191 e. The van der Waals surface area contributed by atoms with Crippen LogP contribution in [0.25, 0.3) is 0 Å². The summed E-state index contributed by atoms with van der Waals surface area (Å²) < 4.78 is 5.26. The van der Waals surface area contributed by atoms with E-state index in [2.05, 4.69) is 34.7 Å². The minimum atomic E-state index is 0.505. The third-order valence-electron chi connectivity index (χ3n) is 2.40. The molecule has 1 aliphatic rings. The first-order valence-electron chi connectivity index (χ1n) is 6.14. The predicted molar refractivity (Wildman–Crippen MR) is 67.8 cm³/mol. The molecule has 92 valence electrons. The van der Waals surface area contributed by atoms with E-state index in [9.17, 15) is 0 Å². The molecule has 0 aromatic carbocycles. The molecule has 0 spiro atoms. The van der Waals surface area contributed by atoms with Gasteiger partial charge >= 0.3 is 0 Å². The third kappa shape index (κ3) is 5.16. The van der Waals surface area contributed by atoms with E-state index in [1.807, 2.05) is 6.92 Å². The Morgan fingerprint density at radius 2 is 2.12 bits per heavy atom. The first kappa shape index (κ1) is 13.0. The lowest BCUT2D eigenvalue weighted by Crippen LogP contribution is -2.42. The second kappa shape index (κ2) is 8.16. The summed E-state index contributed by atoms with van der Waals surface area (Å²) in [5.74, 6) is 0.899. The summed E-state index contributed by atoms with van der Waals surface area (Å²) in [7, 11) is 0. The Hall–Kier alpha value is -1.03. The SMILES string of the molecule is CCNC(=NCCOCC)NC1CC=CC1. The Morgan fingerprint density at radius 3 is 2.75 bits per heavy atom. The van der Waals surface area contributed by atoms with Crippen LogP contribution in [-0.4, -0.2) is 38.3 Å². The van der Waals surface area contributed by atoms with Gasteiger partial charge in [0.05, 0.1) is 13.2 Å². The van der Waals surface area contributed by atoms with Gasteiger partial charge in [0.2, 0.25) is 0 Å². The number of nitrogens with zero attached hydrogens (tertiary/aromatic N) is 1. The van der Waals surface area contributed by atoms with Crippen LogP contribution < -0.4 is 10.6 Å². The zero-order valence-electron chi connectivity index (χ0n) is 10.3. The van der Waals surface area contributed by atoms with Crippen LogP contribution in [0.4, 0.5) is 0 Å². The van der Waals surface area contributed by atoms with Gasteiger partial charge in [0.15, 0.2) is 5.96 Å². The molecular formula is C12H23N3O. The van der Waals surface area contributed by atoms with Gasteiger partial charge in [-0.1, -0.05) is 12.2 Å². The number of aliphatic imine (C=N–C) groups is 1. The van der Waals surface area contributed by atoms with Crippen molar-refractivity contribution in [2.75, 3.05) is 26.3 Å². The molecule has 0 fully saturated rings. The van der Waals surface area contributed by atoms with E-state index < -0.39 is 0 Å². The Morgan fingerprint density at radius 1 is 1.38 bits per heavy atom. The summed E-state index contributed by atoms with van der Waals surface area (Å²) in [6.07, 6.45) is 6.61. The van der Waals surface area contributed by atoms with Crippen LogP contribution >= 0.6 is 0 Å². The molecule has 0 aliphatic heterocycles. The molecule has 0 bridgehead atoms. The van der Waals surface area contributed by atoms with Gasteiger partial charge in [-0.25, -0.2) is 0 Å². The highest BCUT2D eigenvalue weighted by atomic mass is 16.5. The van der Waals surface area contributed by atoms with Crippen molar-refractivity contribution in [1.82, 2.24) is 10.6 Å². The molecule has 0 amide bonds. The maximum Gasteiger partial charge on any atom is 0.191 e. The zero-order valence-corrected chi connectivity index (χ0v) is 10.3. The average molecular weight is 225 g/mol. The second-order valence-electron chi connectivity index (χ2n) is 3.74. The molecule has 2 N–H and O–H groups in total. The largest absolute Gasteiger partial charge is 0.380 e. The lowest BCUT2D eigenvalue weighted by atomic mass is 10.2. The van der Waals surface area contributed by atoms with Gasteiger partial charge in [-0.2, -0.15) is 0 Å². The number of rotatable bonds is 6. The van der Waals surface area contributed by atoms with Crippen LogP contribution in [0.3, 0.4) is 0 Å². The van der Waals surface area contributed by atoms with Crippen LogP contribution in [0.15, 0.2) is 17.1 Å². The van der Waals surface area contributed by atoms with Crippen LogP contribution in [0.5, 0.6) is 0 Å². The first-order valence-corrected chi connectivity index (χ1v) is 6.14. The predicted octanol–water partition coefficient (Wildman–Crippen LogP) is 1.30. The van der Waals surface area contributed by atoms with Crippen molar-refractivity contribution in [2.24, 2.45) is 4.99 Å². The molecule has 4 nitrogen and oxygen atoms in total. The number of guanidine groups is 1. The Labute approximate surface area is 98.2 Å². The van der Waals surface area contributed by atoms with Gasteiger partial charge in [-0.05, 0) is 26.7 Å². The molecule has 0 unspecified atom stereocenters. The zero-order chi connectivity index (χ0) is 11.6. The monoisotopic (exact) mass is 225 g/mol. The summed E-state index contributed by atoms with van der Waals surface area (Å²) in [5.41, 5.74) is 0. The van der Waals surface area contributed by atoms with Crippen LogP contribution in [0.1, 0.15) is 26.7 Å². The van der Waals surface area contributed by atoms with Crippen molar-refractivity contribution in [3.63, 3.8) is 0 Å². The first-order chi connectivity index (χ1) is 7.86. The minimum absolute atomic E-state index is 0.505. The van der Waals surface area contributed by atoms with Gasteiger partial charge in [0, 0.05) is 19.2 Å². The lowest BCUT2D eigenvalue weighted by Gasteiger charge is -2.16.